The third-order valence-electron chi connectivity index (χ3n) is 4.34. The van der Waals surface area contributed by atoms with Crippen LogP contribution in [0.4, 0.5) is 15.2 Å². The lowest BCUT2D eigenvalue weighted by Crippen LogP contribution is -2.49. The lowest BCUT2D eigenvalue weighted by atomic mass is 10.1. The van der Waals surface area contributed by atoms with E-state index in [1.54, 1.807) is 6.07 Å². The zero-order chi connectivity index (χ0) is 15.1. The largest absolute Gasteiger partial charge is 0.423 e. The highest BCUT2D eigenvalue weighted by molar-refractivity contribution is 5.77. The number of piperidine rings is 1. The van der Waals surface area contributed by atoms with Crippen LogP contribution in [0.2, 0.25) is 0 Å². The summed E-state index contributed by atoms with van der Waals surface area (Å²) in [4.78, 5) is 20.2. The molecule has 0 saturated carbocycles. The molecule has 4 rings (SSSR count). The van der Waals surface area contributed by atoms with Crippen molar-refractivity contribution < 1.29 is 13.6 Å². The van der Waals surface area contributed by atoms with Crippen LogP contribution < -0.4 is 10.2 Å². The van der Waals surface area contributed by atoms with Crippen molar-refractivity contribution in [3.8, 4) is 0 Å². The Morgan fingerprint density at radius 3 is 3.09 bits per heavy atom. The van der Waals surface area contributed by atoms with Crippen LogP contribution in [0.25, 0.3) is 11.1 Å². The summed E-state index contributed by atoms with van der Waals surface area (Å²) in [6.45, 7) is 2.98. The quantitative estimate of drug-likeness (QED) is 0.921. The Balaban J connectivity index is 1.56. The van der Waals surface area contributed by atoms with E-state index in [9.17, 15) is 9.18 Å². The van der Waals surface area contributed by atoms with Gasteiger partial charge in [-0.3, -0.25) is 0 Å². The summed E-state index contributed by atoms with van der Waals surface area (Å²) in [6.07, 6.45) is 1.96. The van der Waals surface area contributed by atoms with Crippen molar-refractivity contribution in [3.05, 3.63) is 24.0 Å². The van der Waals surface area contributed by atoms with Crippen LogP contribution >= 0.6 is 0 Å². The number of aromatic nitrogens is 1. The number of hydrogen-bond acceptors (Lipinski definition) is 4. The number of urea groups is 1. The third kappa shape index (κ3) is 2.26. The molecule has 2 aliphatic rings. The summed E-state index contributed by atoms with van der Waals surface area (Å²) in [5, 5.41) is 2.84. The fraction of sp³-hybridized carbons (Fsp3) is 0.467. The second-order valence-corrected chi connectivity index (χ2v) is 5.78. The summed E-state index contributed by atoms with van der Waals surface area (Å²) in [5.41, 5.74) is 1.11. The van der Waals surface area contributed by atoms with Gasteiger partial charge in [0.2, 0.25) is 0 Å². The minimum absolute atomic E-state index is 0.00601. The zero-order valence-corrected chi connectivity index (χ0v) is 12.1. The Hall–Kier alpha value is -2.31. The van der Waals surface area contributed by atoms with E-state index in [1.807, 2.05) is 9.80 Å². The molecule has 1 atom stereocenters. The number of amides is 2. The second-order valence-electron chi connectivity index (χ2n) is 5.78. The Morgan fingerprint density at radius 2 is 2.27 bits per heavy atom. The molecule has 1 N–H and O–H groups in total. The number of carbonyl (C=O) groups is 1. The molecule has 1 aromatic heterocycles. The lowest BCUT2D eigenvalue weighted by molar-refractivity contribution is 0.188. The van der Waals surface area contributed by atoms with Gasteiger partial charge in [-0.1, -0.05) is 0 Å². The van der Waals surface area contributed by atoms with E-state index in [2.05, 4.69) is 10.3 Å². The maximum absolute atomic E-state index is 13.2. The molecule has 0 bridgehead atoms. The predicted octanol–water partition coefficient (Wildman–Crippen LogP) is 1.96. The van der Waals surface area contributed by atoms with Gasteiger partial charge < -0.3 is 19.5 Å². The van der Waals surface area contributed by atoms with Gasteiger partial charge in [-0.05, 0) is 25.0 Å². The Morgan fingerprint density at radius 1 is 1.36 bits per heavy atom. The van der Waals surface area contributed by atoms with Gasteiger partial charge in [0.15, 0.2) is 5.58 Å². The van der Waals surface area contributed by atoms with Gasteiger partial charge in [0.25, 0.3) is 6.01 Å². The topological polar surface area (TPSA) is 61.6 Å². The fourth-order valence-corrected chi connectivity index (χ4v) is 3.24. The van der Waals surface area contributed by atoms with Crippen LogP contribution in [0.3, 0.4) is 0 Å². The molecular formula is C15H17FN4O2. The molecule has 3 heterocycles. The molecule has 6 nitrogen and oxygen atoms in total. The number of nitrogens with one attached hydrogen (secondary N) is 1. The van der Waals surface area contributed by atoms with Gasteiger partial charge in [0.1, 0.15) is 11.3 Å². The average Bonchev–Trinajstić information content (AvgIpc) is 3.13. The van der Waals surface area contributed by atoms with Crippen LogP contribution in [-0.2, 0) is 0 Å². The standard InChI is InChI=1S/C15H17FN4O2/c16-10-3-4-12-13(8-10)22-15(18-12)19-6-1-2-11(9-19)20-7-5-17-14(20)21/h3-4,8,11H,1-2,5-7,9H2,(H,17,21). The molecule has 22 heavy (non-hydrogen) atoms. The number of nitrogens with zero attached hydrogens (tertiary/aromatic N) is 3. The first-order valence-corrected chi connectivity index (χ1v) is 7.56. The summed E-state index contributed by atoms with van der Waals surface area (Å²) in [5.74, 6) is -0.333. The second kappa shape index (κ2) is 5.15. The van der Waals surface area contributed by atoms with E-state index < -0.39 is 0 Å². The molecule has 2 fully saturated rings. The summed E-state index contributed by atoms with van der Waals surface area (Å²) < 4.78 is 18.9. The number of fused-ring (bicyclic) bond motifs is 1. The number of rotatable bonds is 2. The number of oxazole rings is 1. The third-order valence-corrected chi connectivity index (χ3v) is 4.34. The minimum Gasteiger partial charge on any atom is -0.423 e. The van der Waals surface area contributed by atoms with Crippen molar-refractivity contribution in [2.75, 3.05) is 31.1 Å². The molecule has 116 valence electrons. The Bertz CT molecular complexity index is 717. The van der Waals surface area contributed by atoms with Gasteiger partial charge in [0.05, 0.1) is 6.04 Å². The molecule has 1 aromatic carbocycles. The molecule has 2 amide bonds. The van der Waals surface area contributed by atoms with Crippen molar-refractivity contribution >= 4 is 23.1 Å². The Labute approximate surface area is 126 Å². The first kappa shape index (κ1) is 13.4. The van der Waals surface area contributed by atoms with Crippen molar-refractivity contribution in [1.29, 1.82) is 0 Å². The van der Waals surface area contributed by atoms with Gasteiger partial charge in [-0.25, -0.2) is 9.18 Å². The van der Waals surface area contributed by atoms with Crippen LogP contribution in [-0.4, -0.2) is 48.1 Å². The normalized spacial score (nSPS) is 22.4. The van der Waals surface area contributed by atoms with E-state index >= 15 is 0 Å². The Kier molecular flexibility index (Phi) is 3.13. The van der Waals surface area contributed by atoms with Gasteiger partial charge >= 0.3 is 6.03 Å². The van der Waals surface area contributed by atoms with Crippen molar-refractivity contribution in [1.82, 2.24) is 15.2 Å². The predicted molar refractivity (Wildman–Crippen MR) is 79.3 cm³/mol. The molecule has 7 heteroatoms. The number of anilines is 1. The van der Waals surface area contributed by atoms with Crippen molar-refractivity contribution in [2.24, 2.45) is 0 Å². The van der Waals surface area contributed by atoms with Crippen LogP contribution in [0.5, 0.6) is 0 Å². The first-order valence-electron chi connectivity index (χ1n) is 7.56. The summed E-state index contributed by atoms with van der Waals surface area (Å²) >= 11 is 0. The highest BCUT2D eigenvalue weighted by Crippen LogP contribution is 2.26. The van der Waals surface area contributed by atoms with Crippen LogP contribution in [0.1, 0.15) is 12.8 Å². The SMILES string of the molecule is O=C1NCCN1C1CCCN(c2nc3ccc(F)cc3o2)C1. The molecule has 2 saturated heterocycles. The van der Waals surface area contributed by atoms with Crippen LogP contribution in [0, 0.1) is 5.82 Å². The lowest BCUT2D eigenvalue weighted by Gasteiger charge is -2.36. The molecule has 2 aliphatic heterocycles. The van der Waals surface area contributed by atoms with Gasteiger partial charge in [-0.2, -0.15) is 4.98 Å². The summed E-state index contributed by atoms with van der Waals surface area (Å²) in [6, 6.07) is 5.02. The maximum Gasteiger partial charge on any atom is 0.317 e. The van der Waals surface area contributed by atoms with Gasteiger partial charge in [0, 0.05) is 32.2 Å². The molecule has 1 unspecified atom stereocenters. The first-order chi connectivity index (χ1) is 10.7. The maximum atomic E-state index is 13.2. The number of carbonyl (C=O) groups excluding carboxylic acids is 1. The van der Waals surface area contributed by atoms with Gasteiger partial charge in [-0.15, -0.1) is 0 Å². The van der Waals surface area contributed by atoms with E-state index in [4.69, 9.17) is 4.42 Å². The van der Waals surface area contributed by atoms with E-state index in [1.165, 1.54) is 12.1 Å². The average molecular weight is 304 g/mol. The highest BCUT2D eigenvalue weighted by Gasteiger charge is 2.32. The smallest absolute Gasteiger partial charge is 0.317 e. The summed E-state index contributed by atoms with van der Waals surface area (Å²) in [7, 11) is 0. The van der Waals surface area contributed by atoms with Crippen LogP contribution in [0.15, 0.2) is 22.6 Å². The fourth-order valence-electron chi connectivity index (χ4n) is 3.24. The van der Waals surface area contributed by atoms with Crippen molar-refractivity contribution in [2.45, 2.75) is 18.9 Å². The minimum atomic E-state index is -0.333. The number of hydrogen-bond donors (Lipinski definition) is 1. The van der Waals surface area contributed by atoms with E-state index in [-0.39, 0.29) is 17.9 Å². The number of benzene rings is 1. The molecular weight excluding hydrogens is 287 g/mol. The number of halogens is 1. The molecule has 2 aromatic rings. The molecule has 0 radical (unpaired) electrons. The van der Waals surface area contributed by atoms with Crippen molar-refractivity contribution in [3.63, 3.8) is 0 Å². The zero-order valence-electron chi connectivity index (χ0n) is 12.1. The molecule has 0 spiro atoms. The monoisotopic (exact) mass is 304 g/mol. The van der Waals surface area contributed by atoms with E-state index in [0.29, 0.717) is 30.2 Å². The highest BCUT2D eigenvalue weighted by atomic mass is 19.1. The molecule has 0 aliphatic carbocycles. The van der Waals surface area contributed by atoms with E-state index in [0.717, 1.165) is 25.9 Å².